The Balaban J connectivity index is 0.000000531. The summed E-state index contributed by atoms with van der Waals surface area (Å²) < 4.78 is 12.5. The van der Waals surface area contributed by atoms with Crippen LogP contribution in [0.4, 0.5) is 10.1 Å². The second kappa shape index (κ2) is 5.24. The molecule has 0 saturated carbocycles. The summed E-state index contributed by atoms with van der Waals surface area (Å²) in [5.74, 6) is -0.411. The number of carbonyl (C=O) groups is 1. The van der Waals surface area contributed by atoms with Crippen molar-refractivity contribution in [3.8, 4) is 0 Å². The first kappa shape index (κ1) is 11.4. The van der Waals surface area contributed by atoms with Crippen LogP contribution in [0.1, 0.15) is 20.3 Å². The lowest BCUT2D eigenvalue weighted by Crippen LogP contribution is -2.19. The Bertz CT molecular complexity index is 359. The molecule has 0 atom stereocenters. The van der Waals surface area contributed by atoms with Gasteiger partial charge in [0.2, 0.25) is 0 Å². The second-order valence-electron chi connectivity index (χ2n) is 2.68. The maximum absolute atomic E-state index is 12.5. The summed E-state index contributed by atoms with van der Waals surface area (Å²) >= 11 is 0. The summed E-state index contributed by atoms with van der Waals surface area (Å²) in [5.41, 5.74) is 0.597. The topological polar surface area (TPSA) is 32.7 Å². The van der Waals surface area contributed by atoms with E-state index in [0.29, 0.717) is 12.1 Å². The number of amides is 1. The summed E-state index contributed by atoms with van der Waals surface area (Å²) in [6.45, 7) is 4.00. The van der Waals surface area contributed by atoms with Crippen molar-refractivity contribution >= 4 is 17.8 Å². The standard InChI is InChI=1S/C9H7FN2O.C2H6/c10-7-1-3-8(4-2-7)12-9(13)5-6-11-12;1-2/h1-4,6H,5H2;1-2H3. The Morgan fingerprint density at radius 3 is 2.33 bits per heavy atom. The van der Waals surface area contributed by atoms with Gasteiger partial charge >= 0.3 is 0 Å². The van der Waals surface area contributed by atoms with E-state index in [-0.39, 0.29) is 11.7 Å². The SMILES string of the molecule is CC.O=C1CC=NN1c1ccc(F)cc1. The molecule has 0 aromatic heterocycles. The molecule has 4 heteroatoms. The van der Waals surface area contributed by atoms with E-state index in [0.717, 1.165) is 0 Å². The van der Waals surface area contributed by atoms with E-state index < -0.39 is 0 Å². The van der Waals surface area contributed by atoms with Gasteiger partial charge in [-0.3, -0.25) is 4.79 Å². The van der Waals surface area contributed by atoms with E-state index in [1.807, 2.05) is 13.8 Å². The minimum absolute atomic E-state index is 0.0911. The van der Waals surface area contributed by atoms with E-state index in [1.165, 1.54) is 35.5 Å². The van der Waals surface area contributed by atoms with Gasteiger partial charge in [0.15, 0.2) is 0 Å². The Labute approximate surface area is 88.2 Å². The molecule has 1 amide bonds. The zero-order valence-corrected chi connectivity index (χ0v) is 8.77. The Kier molecular flexibility index (Phi) is 3.97. The summed E-state index contributed by atoms with van der Waals surface area (Å²) in [7, 11) is 0. The van der Waals surface area contributed by atoms with Gasteiger partial charge in [0.05, 0.1) is 12.1 Å². The molecule has 0 saturated heterocycles. The number of halogens is 1. The monoisotopic (exact) mass is 208 g/mol. The highest BCUT2D eigenvalue weighted by atomic mass is 19.1. The first-order valence-corrected chi connectivity index (χ1v) is 4.88. The van der Waals surface area contributed by atoms with Crippen LogP contribution in [0.15, 0.2) is 29.4 Å². The van der Waals surface area contributed by atoms with Gasteiger partial charge in [-0.2, -0.15) is 5.10 Å². The molecule has 1 heterocycles. The van der Waals surface area contributed by atoms with Crippen LogP contribution in [0.3, 0.4) is 0 Å². The number of rotatable bonds is 1. The van der Waals surface area contributed by atoms with Gasteiger partial charge in [-0.05, 0) is 24.3 Å². The maximum Gasteiger partial charge on any atom is 0.252 e. The molecule has 0 fully saturated rings. The fourth-order valence-corrected chi connectivity index (χ4v) is 1.14. The fourth-order valence-electron chi connectivity index (χ4n) is 1.14. The summed E-state index contributed by atoms with van der Waals surface area (Å²) in [5, 5.41) is 5.12. The quantitative estimate of drug-likeness (QED) is 0.698. The molecule has 0 unspecified atom stereocenters. The third-order valence-electron chi connectivity index (χ3n) is 1.77. The van der Waals surface area contributed by atoms with E-state index in [2.05, 4.69) is 5.10 Å². The normalized spacial score (nSPS) is 13.8. The van der Waals surface area contributed by atoms with E-state index in [9.17, 15) is 9.18 Å². The van der Waals surface area contributed by atoms with Crippen LogP contribution in [-0.2, 0) is 4.79 Å². The van der Waals surface area contributed by atoms with Crippen LogP contribution in [0.5, 0.6) is 0 Å². The summed E-state index contributed by atoms with van der Waals surface area (Å²) in [6, 6.07) is 5.65. The molecule has 2 rings (SSSR count). The number of nitrogens with zero attached hydrogens (tertiary/aromatic N) is 2. The summed E-state index contributed by atoms with van der Waals surface area (Å²) in [4.78, 5) is 11.2. The Morgan fingerprint density at radius 2 is 1.87 bits per heavy atom. The number of hydrogen-bond acceptors (Lipinski definition) is 2. The molecule has 1 aromatic carbocycles. The molecule has 0 aliphatic carbocycles. The lowest BCUT2D eigenvalue weighted by molar-refractivity contribution is -0.116. The molecule has 80 valence electrons. The predicted molar refractivity (Wildman–Crippen MR) is 58.3 cm³/mol. The second-order valence-corrected chi connectivity index (χ2v) is 2.68. The predicted octanol–water partition coefficient (Wildman–Crippen LogP) is 2.57. The summed E-state index contributed by atoms with van der Waals surface area (Å²) in [6.07, 6.45) is 1.85. The lowest BCUT2D eigenvalue weighted by atomic mass is 10.3. The largest absolute Gasteiger partial charge is 0.272 e. The van der Waals surface area contributed by atoms with Gasteiger partial charge in [-0.25, -0.2) is 9.40 Å². The molecule has 3 nitrogen and oxygen atoms in total. The van der Waals surface area contributed by atoms with Crippen LogP contribution in [0.25, 0.3) is 0 Å². The average molecular weight is 208 g/mol. The molecule has 0 spiro atoms. The van der Waals surface area contributed by atoms with E-state index in [1.54, 1.807) is 0 Å². The van der Waals surface area contributed by atoms with Gasteiger partial charge in [-0.1, -0.05) is 13.8 Å². The molecule has 1 aliphatic heterocycles. The maximum atomic E-state index is 12.5. The number of hydrogen-bond donors (Lipinski definition) is 0. The van der Waals surface area contributed by atoms with Crippen molar-refractivity contribution in [1.29, 1.82) is 0 Å². The molecule has 0 bridgehead atoms. The molecule has 0 radical (unpaired) electrons. The van der Waals surface area contributed by atoms with Crippen molar-refractivity contribution in [2.24, 2.45) is 5.10 Å². The van der Waals surface area contributed by atoms with Crippen LogP contribution in [-0.4, -0.2) is 12.1 Å². The van der Waals surface area contributed by atoms with Crippen molar-refractivity contribution in [3.63, 3.8) is 0 Å². The third kappa shape index (κ3) is 2.62. The van der Waals surface area contributed by atoms with Crippen molar-refractivity contribution in [2.45, 2.75) is 20.3 Å². The number of hydrazone groups is 1. The smallest absolute Gasteiger partial charge is 0.252 e. The zero-order valence-electron chi connectivity index (χ0n) is 8.77. The molecule has 0 N–H and O–H groups in total. The van der Waals surface area contributed by atoms with Gasteiger partial charge < -0.3 is 0 Å². The highest BCUT2D eigenvalue weighted by Gasteiger charge is 2.17. The van der Waals surface area contributed by atoms with Gasteiger partial charge in [0, 0.05) is 6.21 Å². The third-order valence-corrected chi connectivity index (χ3v) is 1.77. The van der Waals surface area contributed by atoms with E-state index >= 15 is 0 Å². The molecule has 1 aromatic rings. The van der Waals surface area contributed by atoms with Crippen molar-refractivity contribution in [1.82, 2.24) is 0 Å². The van der Waals surface area contributed by atoms with Crippen LogP contribution >= 0.6 is 0 Å². The van der Waals surface area contributed by atoms with Crippen LogP contribution in [0.2, 0.25) is 0 Å². The Hall–Kier alpha value is -1.71. The zero-order chi connectivity index (χ0) is 11.3. The first-order valence-electron chi connectivity index (χ1n) is 4.88. The van der Waals surface area contributed by atoms with Crippen molar-refractivity contribution in [3.05, 3.63) is 30.1 Å². The van der Waals surface area contributed by atoms with Crippen molar-refractivity contribution < 1.29 is 9.18 Å². The fraction of sp³-hybridized carbons (Fsp3) is 0.273. The van der Waals surface area contributed by atoms with Gasteiger partial charge in [-0.15, -0.1) is 0 Å². The van der Waals surface area contributed by atoms with E-state index in [4.69, 9.17) is 0 Å². The van der Waals surface area contributed by atoms with Crippen molar-refractivity contribution in [2.75, 3.05) is 5.01 Å². The number of benzene rings is 1. The minimum Gasteiger partial charge on any atom is -0.272 e. The van der Waals surface area contributed by atoms with Gasteiger partial charge in [0.25, 0.3) is 5.91 Å². The van der Waals surface area contributed by atoms with Crippen LogP contribution in [0, 0.1) is 5.82 Å². The molecule has 15 heavy (non-hydrogen) atoms. The number of anilines is 1. The average Bonchev–Trinajstić information content (AvgIpc) is 2.69. The lowest BCUT2D eigenvalue weighted by Gasteiger charge is -2.10. The highest BCUT2D eigenvalue weighted by Crippen LogP contribution is 2.18. The number of carbonyl (C=O) groups excluding carboxylic acids is 1. The highest BCUT2D eigenvalue weighted by molar-refractivity contribution is 6.05. The minimum atomic E-state index is -0.320. The molecule has 1 aliphatic rings. The Morgan fingerprint density at radius 1 is 1.27 bits per heavy atom. The molecular weight excluding hydrogens is 195 g/mol. The van der Waals surface area contributed by atoms with Gasteiger partial charge in [0.1, 0.15) is 5.82 Å². The van der Waals surface area contributed by atoms with Crippen LogP contribution < -0.4 is 5.01 Å². The first-order chi connectivity index (χ1) is 7.27. The molecular formula is C11H13FN2O.